The number of nitrogens with zero attached hydrogens (tertiary/aromatic N) is 3. The summed E-state index contributed by atoms with van der Waals surface area (Å²) in [5.74, 6) is 0.347. The summed E-state index contributed by atoms with van der Waals surface area (Å²) in [6, 6.07) is 0.0108. The van der Waals surface area contributed by atoms with Gasteiger partial charge in [0.05, 0.1) is 17.9 Å². The number of hydrogen-bond donors (Lipinski definition) is 0. The van der Waals surface area contributed by atoms with Gasteiger partial charge in [-0.05, 0) is 43.7 Å². The molecule has 0 radical (unpaired) electrons. The summed E-state index contributed by atoms with van der Waals surface area (Å²) in [5.41, 5.74) is 1.87. The van der Waals surface area contributed by atoms with Crippen molar-refractivity contribution in [2.24, 2.45) is 5.92 Å². The normalized spacial score (nSPS) is 27.9. The lowest BCUT2D eigenvalue weighted by molar-refractivity contribution is -0.139. The van der Waals surface area contributed by atoms with Crippen molar-refractivity contribution in [1.29, 1.82) is 0 Å². The van der Waals surface area contributed by atoms with E-state index in [2.05, 4.69) is 11.7 Å². The zero-order valence-corrected chi connectivity index (χ0v) is 11.7. The molecule has 1 aliphatic heterocycles. The number of rotatable bonds is 4. The van der Waals surface area contributed by atoms with Gasteiger partial charge in [-0.15, -0.1) is 0 Å². The molecule has 3 unspecified atom stereocenters. The molecule has 20 heavy (non-hydrogen) atoms. The first-order valence-corrected chi connectivity index (χ1v) is 7.07. The third-order valence-electron chi connectivity index (χ3n) is 4.62. The molecule has 1 amide bonds. The van der Waals surface area contributed by atoms with Crippen molar-refractivity contribution in [2.45, 2.75) is 44.8 Å². The summed E-state index contributed by atoms with van der Waals surface area (Å²) in [7, 11) is 0. The summed E-state index contributed by atoms with van der Waals surface area (Å²) >= 11 is 0. The number of aldehydes is 1. The smallest absolute Gasteiger partial charge is 0.245 e. The van der Waals surface area contributed by atoms with Crippen LogP contribution in [0.1, 0.15) is 30.5 Å². The molecule has 1 aromatic rings. The first-order chi connectivity index (χ1) is 9.65. The molecule has 0 aromatic carbocycles. The average molecular weight is 273 g/mol. The lowest BCUT2D eigenvalue weighted by Crippen LogP contribution is -2.47. The fourth-order valence-corrected chi connectivity index (χ4v) is 3.66. The van der Waals surface area contributed by atoms with E-state index < -0.39 is 0 Å². The predicted octanol–water partition coefficient (Wildman–Crippen LogP) is 1.41. The summed E-state index contributed by atoms with van der Waals surface area (Å²) in [6.07, 6.45) is 7.44. The first-order valence-electron chi connectivity index (χ1n) is 7.07. The Kier molecular flexibility index (Phi) is 3.20. The van der Waals surface area contributed by atoms with Gasteiger partial charge >= 0.3 is 0 Å². The summed E-state index contributed by atoms with van der Waals surface area (Å²) in [5, 5.41) is 4.22. The highest BCUT2D eigenvalue weighted by atomic mass is 16.2. The van der Waals surface area contributed by atoms with Crippen LogP contribution in [0.25, 0.3) is 6.08 Å². The number of hydrogen-bond acceptors (Lipinski definition) is 3. The van der Waals surface area contributed by atoms with Gasteiger partial charge in [-0.25, -0.2) is 0 Å². The molecule has 106 valence electrons. The zero-order chi connectivity index (χ0) is 14.3. The fraction of sp³-hybridized carbons (Fsp3) is 0.533. The largest absolute Gasteiger partial charge is 0.328 e. The molecule has 5 heteroatoms. The van der Waals surface area contributed by atoms with Crippen LogP contribution in [0, 0.1) is 12.8 Å². The van der Waals surface area contributed by atoms with Crippen LogP contribution >= 0.6 is 0 Å². The standard InChI is InChI=1S/C15H19N3O2/c1-3-13-10(2)7-16-17(13)8-15(20)18-12-5-4-11(6-12)14(18)9-19/h3,7,9,11-12,14H,1,4-6,8H2,2H3. The number of likely N-dealkylation sites (tertiary alicyclic amines) is 1. The highest BCUT2D eigenvalue weighted by molar-refractivity contribution is 5.81. The minimum absolute atomic E-state index is 0.0134. The maximum absolute atomic E-state index is 12.5. The van der Waals surface area contributed by atoms with E-state index in [9.17, 15) is 9.59 Å². The van der Waals surface area contributed by atoms with Crippen molar-refractivity contribution in [3.63, 3.8) is 0 Å². The molecule has 3 atom stereocenters. The number of aromatic nitrogens is 2. The molecule has 0 spiro atoms. The van der Waals surface area contributed by atoms with Crippen LogP contribution in [-0.2, 0) is 16.1 Å². The summed E-state index contributed by atoms with van der Waals surface area (Å²) in [6.45, 7) is 5.88. The topological polar surface area (TPSA) is 55.2 Å². The molecule has 2 aliphatic rings. The Morgan fingerprint density at radius 3 is 3.05 bits per heavy atom. The Morgan fingerprint density at radius 2 is 2.35 bits per heavy atom. The van der Waals surface area contributed by atoms with Crippen LogP contribution in [0.3, 0.4) is 0 Å². The van der Waals surface area contributed by atoms with Gasteiger partial charge in [0.1, 0.15) is 12.8 Å². The van der Waals surface area contributed by atoms with Gasteiger partial charge in [0, 0.05) is 6.04 Å². The molecule has 5 nitrogen and oxygen atoms in total. The van der Waals surface area contributed by atoms with Gasteiger partial charge in [0.25, 0.3) is 0 Å². The average Bonchev–Trinajstić information content (AvgIpc) is 3.12. The van der Waals surface area contributed by atoms with E-state index in [1.807, 2.05) is 6.92 Å². The lowest BCUT2D eigenvalue weighted by atomic mass is 10.00. The van der Waals surface area contributed by atoms with Gasteiger partial charge in [0.15, 0.2) is 0 Å². The zero-order valence-electron chi connectivity index (χ0n) is 11.7. The Bertz CT molecular complexity index is 563. The second-order valence-corrected chi connectivity index (χ2v) is 5.73. The van der Waals surface area contributed by atoms with Crippen LogP contribution in [0.15, 0.2) is 12.8 Å². The quantitative estimate of drug-likeness (QED) is 0.779. The maximum atomic E-state index is 12.5. The molecule has 3 rings (SSSR count). The molecular formula is C15H19N3O2. The van der Waals surface area contributed by atoms with Gasteiger partial charge in [-0.3, -0.25) is 9.48 Å². The third kappa shape index (κ3) is 1.88. The minimum Gasteiger partial charge on any atom is -0.328 e. The van der Waals surface area contributed by atoms with E-state index in [0.29, 0.717) is 5.92 Å². The van der Waals surface area contributed by atoms with Crippen molar-refractivity contribution in [1.82, 2.24) is 14.7 Å². The summed E-state index contributed by atoms with van der Waals surface area (Å²) in [4.78, 5) is 25.6. The van der Waals surface area contributed by atoms with E-state index in [0.717, 1.165) is 36.8 Å². The Hall–Kier alpha value is -1.91. The van der Waals surface area contributed by atoms with E-state index in [1.54, 1.807) is 21.9 Å². The molecule has 1 saturated heterocycles. The van der Waals surface area contributed by atoms with Crippen molar-refractivity contribution in [3.8, 4) is 0 Å². The van der Waals surface area contributed by atoms with Crippen molar-refractivity contribution in [2.75, 3.05) is 0 Å². The minimum atomic E-state index is -0.231. The molecule has 0 N–H and O–H groups in total. The number of fused-ring (bicyclic) bond motifs is 2. The molecule has 2 heterocycles. The predicted molar refractivity (Wildman–Crippen MR) is 74.9 cm³/mol. The maximum Gasteiger partial charge on any atom is 0.245 e. The van der Waals surface area contributed by atoms with Crippen molar-refractivity contribution < 1.29 is 9.59 Å². The molecular weight excluding hydrogens is 254 g/mol. The Balaban J connectivity index is 1.79. The Labute approximate surface area is 118 Å². The number of carbonyl (C=O) groups is 2. The molecule has 2 fully saturated rings. The number of amides is 1. The summed E-state index contributed by atoms with van der Waals surface area (Å²) < 4.78 is 1.67. The first kappa shape index (κ1) is 13.1. The van der Waals surface area contributed by atoms with E-state index in [-0.39, 0.29) is 24.5 Å². The van der Waals surface area contributed by atoms with Crippen LogP contribution < -0.4 is 0 Å². The van der Waals surface area contributed by atoms with Gasteiger partial charge < -0.3 is 9.69 Å². The highest BCUT2D eigenvalue weighted by Crippen LogP contribution is 2.41. The molecule has 1 saturated carbocycles. The second kappa shape index (κ2) is 4.89. The third-order valence-corrected chi connectivity index (χ3v) is 4.62. The van der Waals surface area contributed by atoms with Gasteiger partial charge in [0.2, 0.25) is 5.91 Å². The SMILES string of the molecule is C=Cc1c(C)cnn1CC(=O)N1C2CCC(C2)C1C=O. The van der Waals surface area contributed by atoms with E-state index in [1.165, 1.54) is 0 Å². The highest BCUT2D eigenvalue weighted by Gasteiger charge is 2.47. The number of aryl methyl sites for hydroxylation is 1. The molecule has 2 bridgehead atoms. The van der Waals surface area contributed by atoms with E-state index in [4.69, 9.17) is 0 Å². The Morgan fingerprint density at radius 1 is 1.55 bits per heavy atom. The van der Waals surface area contributed by atoms with E-state index >= 15 is 0 Å². The molecule has 1 aromatic heterocycles. The van der Waals surface area contributed by atoms with Crippen LogP contribution in [0.5, 0.6) is 0 Å². The van der Waals surface area contributed by atoms with Crippen molar-refractivity contribution >= 4 is 18.3 Å². The van der Waals surface area contributed by atoms with Gasteiger partial charge in [-0.1, -0.05) is 6.58 Å². The molecule has 1 aliphatic carbocycles. The van der Waals surface area contributed by atoms with Gasteiger partial charge in [-0.2, -0.15) is 5.10 Å². The van der Waals surface area contributed by atoms with Crippen molar-refractivity contribution in [3.05, 3.63) is 24.0 Å². The number of piperidine rings is 1. The fourth-order valence-electron chi connectivity index (χ4n) is 3.66. The number of carbonyl (C=O) groups excluding carboxylic acids is 2. The van der Waals surface area contributed by atoms with Crippen LogP contribution in [0.2, 0.25) is 0 Å². The lowest BCUT2D eigenvalue weighted by Gasteiger charge is -2.32. The second-order valence-electron chi connectivity index (χ2n) is 5.73. The van der Waals surface area contributed by atoms with Crippen LogP contribution in [0.4, 0.5) is 0 Å². The van der Waals surface area contributed by atoms with Crippen LogP contribution in [-0.4, -0.2) is 39.0 Å². The monoisotopic (exact) mass is 273 g/mol.